The molecule has 1 aliphatic rings. The van der Waals surface area contributed by atoms with Gasteiger partial charge in [0, 0.05) is 27.7 Å². The molecule has 0 atom stereocenters. The molecule has 1 aromatic heterocycles. The maximum absolute atomic E-state index is 5.35. The van der Waals surface area contributed by atoms with Crippen molar-refractivity contribution < 1.29 is 0 Å². The molecular weight excluding hydrogens is 655 g/mol. The minimum Gasteiger partial charge on any atom is -0.318 e. The summed E-state index contributed by atoms with van der Waals surface area (Å²) in [6, 6.07) is 64.2. The largest absolute Gasteiger partial charge is 0.318 e. The quantitative estimate of drug-likeness (QED) is 0.176. The topological polar surface area (TPSA) is 20.5 Å². The van der Waals surface area contributed by atoms with Gasteiger partial charge in [0.15, 0.2) is 0 Å². The van der Waals surface area contributed by atoms with Crippen LogP contribution in [0, 0.1) is 0 Å². The van der Waals surface area contributed by atoms with Gasteiger partial charge in [-0.3, -0.25) is 4.99 Å². The van der Waals surface area contributed by atoms with Crippen LogP contribution >= 0.6 is 0 Å². The molecule has 2 heterocycles. The summed E-state index contributed by atoms with van der Waals surface area (Å²) in [5, 5.41) is 7.53. The van der Waals surface area contributed by atoms with Crippen molar-refractivity contribution in [2.75, 3.05) is 4.90 Å². The summed E-state index contributed by atoms with van der Waals surface area (Å²) in [5.41, 5.74) is 10.2. The Bertz CT molecular complexity index is 2910. The Kier molecular flexibility index (Phi) is 7.19. The Morgan fingerprint density at radius 3 is 1.74 bits per heavy atom. The number of hydrogen-bond acceptors (Lipinski definition) is 2. The smallest absolute Gasteiger partial charge is 0.136 e. The number of aliphatic imine (C=N–C) groups is 1. The molecule has 0 spiro atoms. The molecule has 0 aliphatic carbocycles. The van der Waals surface area contributed by atoms with E-state index in [9.17, 15) is 0 Å². The van der Waals surface area contributed by atoms with Gasteiger partial charge in [-0.25, -0.2) is 0 Å². The first kappa shape index (κ1) is 32.2. The molecule has 3 heteroatoms. The zero-order valence-electron chi connectivity index (χ0n) is 31.1. The zero-order valence-corrected chi connectivity index (χ0v) is 31.1. The number of para-hydroxylation sites is 2. The van der Waals surface area contributed by atoms with E-state index in [1.165, 1.54) is 65.6 Å². The molecule has 10 rings (SSSR count). The Labute approximate surface area is 316 Å². The van der Waals surface area contributed by atoms with Crippen LogP contribution in [0.4, 0.5) is 5.69 Å². The molecule has 54 heavy (non-hydrogen) atoms. The van der Waals surface area contributed by atoms with Crippen LogP contribution in [0.15, 0.2) is 181 Å². The molecule has 0 bridgehead atoms. The van der Waals surface area contributed by atoms with Gasteiger partial charge in [-0.2, -0.15) is 0 Å². The fourth-order valence-electron chi connectivity index (χ4n) is 8.52. The third-order valence-corrected chi connectivity index (χ3v) is 12.0. The van der Waals surface area contributed by atoms with Crippen LogP contribution in [0.1, 0.15) is 33.3 Å². The molecule has 0 fully saturated rings. The van der Waals surface area contributed by atoms with E-state index in [0.29, 0.717) is 0 Å². The van der Waals surface area contributed by atoms with Crippen molar-refractivity contribution in [1.82, 2.24) is 4.57 Å². The second kappa shape index (κ2) is 12.0. The number of anilines is 1. The standard InChI is InChI=1S/C51H41N3/c1-50(2)51(3,4)54(41-19-9-6-10-20-41)49(52-50)36-26-24-35(25-27-36)45-33-47-48(43-22-14-13-21-42(43)45)44-30-29-39(32-46(44)53(47)40-17-7-5-8-18-40)38-28-23-34-15-11-12-16-37(34)31-38/h5-33H,1-4H3. The molecule has 0 unspecified atom stereocenters. The predicted molar refractivity (Wildman–Crippen MR) is 230 cm³/mol. The van der Waals surface area contributed by atoms with E-state index in [-0.39, 0.29) is 11.1 Å². The molecule has 0 saturated heterocycles. The molecule has 8 aromatic carbocycles. The van der Waals surface area contributed by atoms with Crippen LogP contribution in [0.5, 0.6) is 0 Å². The first-order valence-corrected chi connectivity index (χ1v) is 18.9. The van der Waals surface area contributed by atoms with E-state index in [1.54, 1.807) is 0 Å². The maximum Gasteiger partial charge on any atom is 0.136 e. The van der Waals surface area contributed by atoms with Crippen LogP contribution in [0.3, 0.4) is 0 Å². The van der Waals surface area contributed by atoms with Gasteiger partial charge in [-0.05, 0) is 114 Å². The number of aromatic nitrogens is 1. The SMILES string of the molecule is CC1(C)N=C(c2ccc(-c3cc4c(c5ccccc35)c3ccc(-c5ccc6ccccc6c5)cc3n4-c3ccccc3)cc2)N(c2ccccc2)C1(C)C. The highest BCUT2D eigenvalue weighted by Gasteiger charge is 2.49. The average molecular weight is 696 g/mol. The van der Waals surface area contributed by atoms with E-state index in [1.807, 2.05) is 0 Å². The van der Waals surface area contributed by atoms with Gasteiger partial charge in [-0.1, -0.05) is 133 Å². The Hall–Kier alpha value is -6.45. The third-order valence-electron chi connectivity index (χ3n) is 12.0. The summed E-state index contributed by atoms with van der Waals surface area (Å²) >= 11 is 0. The van der Waals surface area contributed by atoms with Gasteiger partial charge >= 0.3 is 0 Å². The highest BCUT2D eigenvalue weighted by atomic mass is 15.3. The number of hydrogen-bond donors (Lipinski definition) is 0. The fourth-order valence-corrected chi connectivity index (χ4v) is 8.52. The molecular formula is C51H41N3. The summed E-state index contributed by atoms with van der Waals surface area (Å²) < 4.78 is 2.45. The summed E-state index contributed by atoms with van der Waals surface area (Å²) in [6.07, 6.45) is 0. The molecule has 260 valence electrons. The molecule has 0 N–H and O–H groups in total. The van der Waals surface area contributed by atoms with Gasteiger partial charge in [-0.15, -0.1) is 0 Å². The predicted octanol–water partition coefficient (Wildman–Crippen LogP) is 13.2. The second-order valence-electron chi connectivity index (χ2n) is 15.6. The van der Waals surface area contributed by atoms with Crippen molar-refractivity contribution >= 4 is 54.9 Å². The molecule has 3 nitrogen and oxygen atoms in total. The molecule has 9 aromatic rings. The van der Waals surface area contributed by atoms with Gasteiger partial charge in [0.05, 0.1) is 22.1 Å². The number of rotatable bonds is 5. The number of fused-ring (bicyclic) bond motifs is 6. The molecule has 1 aliphatic heterocycles. The van der Waals surface area contributed by atoms with Crippen molar-refractivity contribution in [3.05, 3.63) is 181 Å². The molecule has 0 saturated carbocycles. The summed E-state index contributed by atoms with van der Waals surface area (Å²) in [7, 11) is 0. The summed E-state index contributed by atoms with van der Waals surface area (Å²) in [5.74, 6) is 1.01. The highest BCUT2D eigenvalue weighted by Crippen LogP contribution is 2.44. The number of benzene rings is 8. The van der Waals surface area contributed by atoms with Crippen molar-refractivity contribution in [1.29, 1.82) is 0 Å². The lowest BCUT2D eigenvalue weighted by molar-refractivity contribution is 0.338. The minimum absolute atomic E-state index is 0.206. The van der Waals surface area contributed by atoms with Crippen LogP contribution in [-0.2, 0) is 0 Å². The lowest BCUT2D eigenvalue weighted by Crippen LogP contribution is -2.53. The monoisotopic (exact) mass is 695 g/mol. The summed E-state index contributed by atoms with van der Waals surface area (Å²) in [6.45, 7) is 9.07. The van der Waals surface area contributed by atoms with Gasteiger partial charge < -0.3 is 9.47 Å². The van der Waals surface area contributed by atoms with Crippen molar-refractivity contribution in [2.45, 2.75) is 38.8 Å². The molecule has 0 amide bonds. The van der Waals surface area contributed by atoms with Gasteiger partial charge in [0.2, 0.25) is 0 Å². The Morgan fingerprint density at radius 2 is 1.00 bits per heavy atom. The normalized spacial score (nSPS) is 15.0. The van der Waals surface area contributed by atoms with Crippen molar-refractivity contribution in [3.8, 4) is 27.9 Å². The van der Waals surface area contributed by atoms with E-state index in [0.717, 1.165) is 22.8 Å². The van der Waals surface area contributed by atoms with Gasteiger partial charge in [0.1, 0.15) is 5.84 Å². The highest BCUT2D eigenvalue weighted by molar-refractivity contribution is 6.24. The fraction of sp³-hybridized carbons (Fsp3) is 0.118. The maximum atomic E-state index is 5.35. The first-order valence-electron chi connectivity index (χ1n) is 18.9. The zero-order chi connectivity index (χ0) is 36.6. The van der Waals surface area contributed by atoms with E-state index >= 15 is 0 Å². The Balaban J connectivity index is 1.16. The number of nitrogens with zero attached hydrogens (tertiary/aromatic N) is 3. The van der Waals surface area contributed by atoms with E-state index < -0.39 is 0 Å². The van der Waals surface area contributed by atoms with Crippen LogP contribution in [0.2, 0.25) is 0 Å². The van der Waals surface area contributed by atoms with Crippen molar-refractivity contribution in [2.24, 2.45) is 4.99 Å². The molecule has 0 radical (unpaired) electrons. The van der Waals surface area contributed by atoms with E-state index in [2.05, 4.69) is 213 Å². The van der Waals surface area contributed by atoms with Crippen molar-refractivity contribution in [3.63, 3.8) is 0 Å². The van der Waals surface area contributed by atoms with Crippen LogP contribution in [-0.4, -0.2) is 21.5 Å². The number of amidine groups is 1. The Morgan fingerprint density at radius 1 is 0.426 bits per heavy atom. The third kappa shape index (κ3) is 4.92. The lowest BCUT2D eigenvalue weighted by atomic mass is 9.83. The first-order chi connectivity index (χ1) is 26.3. The van der Waals surface area contributed by atoms with Crippen LogP contribution < -0.4 is 4.90 Å². The van der Waals surface area contributed by atoms with Gasteiger partial charge in [0.25, 0.3) is 0 Å². The van der Waals surface area contributed by atoms with Crippen LogP contribution in [0.25, 0.3) is 71.3 Å². The lowest BCUT2D eigenvalue weighted by Gasteiger charge is -2.41. The minimum atomic E-state index is -0.267. The second-order valence-corrected chi connectivity index (χ2v) is 15.6. The average Bonchev–Trinajstić information content (AvgIpc) is 3.64. The summed E-state index contributed by atoms with van der Waals surface area (Å²) in [4.78, 5) is 7.76. The van der Waals surface area contributed by atoms with E-state index in [4.69, 9.17) is 4.99 Å².